The number of aliphatic hydroxyl groups excluding tert-OH is 1. The monoisotopic (exact) mass is 323 g/mol. The molecule has 0 radical (unpaired) electrons. The summed E-state index contributed by atoms with van der Waals surface area (Å²) in [7, 11) is 1.58. The first-order chi connectivity index (χ1) is 11.2. The summed E-state index contributed by atoms with van der Waals surface area (Å²) >= 11 is 0. The average molecular weight is 323 g/mol. The van der Waals surface area contributed by atoms with Crippen molar-refractivity contribution in [3.05, 3.63) is 24.3 Å². The second kappa shape index (κ2) is 9.37. The standard InChI is InChI=1S/C17H25NO5/c1-21-14-3-2-4-15(11-14)23-12-17(20)18-8-5-16(19)13-6-9-22-10-7-13/h2-4,11,13,16,19H,5-10,12H2,1H3,(H,18,20). The Labute approximate surface area is 136 Å². The minimum atomic E-state index is -0.390. The maximum absolute atomic E-state index is 11.8. The minimum absolute atomic E-state index is 0.0550. The Hall–Kier alpha value is -1.79. The highest BCUT2D eigenvalue weighted by Gasteiger charge is 2.21. The van der Waals surface area contributed by atoms with Crippen LogP contribution in [-0.4, -0.2) is 50.6 Å². The van der Waals surface area contributed by atoms with Gasteiger partial charge >= 0.3 is 0 Å². The van der Waals surface area contributed by atoms with Gasteiger partial charge in [-0.1, -0.05) is 6.07 Å². The van der Waals surface area contributed by atoms with Gasteiger partial charge in [-0.15, -0.1) is 0 Å². The van der Waals surface area contributed by atoms with E-state index in [9.17, 15) is 9.90 Å². The van der Waals surface area contributed by atoms with Gasteiger partial charge in [-0.3, -0.25) is 4.79 Å². The van der Waals surface area contributed by atoms with Gasteiger partial charge in [-0.2, -0.15) is 0 Å². The first-order valence-corrected chi connectivity index (χ1v) is 7.98. The smallest absolute Gasteiger partial charge is 0.257 e. The molecule has 1 saturated heterocycles. The van der Waals surface area contributed by atoms with E-state index in [2.05, 4.69) is 5.32 Å². The molecule has 6 heteroatoms. The van der Waals surface area contributed by atoms with Crippen molar-refractivity contribution in [3.8, 4) is 11.5 Å². The zero-order valence-corrected chi connectivity index (χ0v) is 13.5. The molecule has 0 aliphatic carbocycles. The van der Waals surface area contributed by atoms with Gasteiger partial charge in [0.25, 0.3) is 5.91 Å². The molecule has 0 aromatic heterocycles. The number of amides is 1. The molecular weight excluding hydrogens is 298 g/mol. The van der Waals surface area contributed by atoms with Crippen molar-refractivity contribution < 1.29 is 24.1 Å². The van der Waals surface area contributed by atoms with E-state index in [0.717, 1.165) is 12.8 Å². The van der Waals surface area contributed by atoms with Gasteiger partial charge < -0.3 is 24.6 Å². The third kappa shape index (κ3) is 6.08. The van der Waals surface area contributed by atoms with Crippen LogP contribution in [0.4, 0.5) is 0 Å². The largest absolute Gasteiger partial charge is 0.497 e. The van der Waals surface area contributed by atoms with Gasteiger partial charge in [0.05, 0.1) is 13.2 Å². The Morgan fingerprint density at radius 2 is 2.13 bits per heavy atom. The molecule has 1 amide bonds. The van der Waals surface area contributed by atoms with Crippen molar-refractivity contribution in [2.24, 2.45) is 5.92 Å². The molecule has 0 spiro atoms. The highest BCUT2D eigenvalue weighted by molar-refractivity contribution is 5.77. The van der Waals surface area contributed by atoms with Crippen LogP contribution in [0.15, 0.2) is 24.3 Å². The fraction of sp³-hybridized carbons (Fsp3) is 0.588. The van der Waals surface area contributed by atoms with Crippen molar-refractivity contribution in [2.75, 3.05) is 33.5 Å². The molecule has 128 valence electrons. The lowest BCUT2D eigenvalue weighted by molar-refractivity contribution is -0.123. The highest BCUT2D eigenvalue weighted by atomic mass is 16.5. The van der Waals surface area contributed by atoms with E-state index in [0.29, 0.717) is 37.7 Å². The first-order valence-electron chi connectivity index (χ1n) is 7.98. The molecule has 23 heavy (non-hydrogen) atoms. The number of methoxy groups -OCH3 is 1. The second-order valence-corrected chi connectivity index (χ2v) is 5.62. The molecule has 1 atom stereocenters. The normalized spacial score (nSPS) is 16.6. The Bertz CT molecular complexity index is 488. The maximum Gasteiger partial charge on any atom is 0.257 e. The first kappa shape index (κ1) is 17.6. The van der Waals surface area contributed by atoms with E-state index < -0.39 is 6.10 Å². The van der Waals surface area contributed by atoms with Crippen molar-refractivity contribution in [1.29, 1.82) is 0 Å². The van der Waals surface area contributed by atoms with Crippen LogP contribution in [-0.2, 0) is 9.53 Å². The predicted molar refractivity (Wildman–Crippen MR) is 85.7 cm³/mol. The summed E-state index contributed by atoms with van der Waals surface area (Å²) in [5, 5.41) is 12.9. The van der Waals surface area contributed by atoms with Gasteiger partial charge in [0.1, 0.15) is 11.5 Å². The third-order valence-electron chi connectivity index (χ3n) is 3.98. The summed E-state index contributed by atoms with van der Waals surface area (Å²) in [6, 6.07) is 7.10. The molecule has 2 rings (SSSR count). The number of nitrogens with one attached hydrogen (secondary N) is 1. The van der Waals surface area contributed by atoms with E-state index in [1.54, 1.807) is 25.3 Å². The number of carbonyl (C=O) groups is 1. The molecule has 2 N–H and O–H groups in total. The third-order valence-corrected chi connectivity index (χ3v) is 3.98. The Morgan fingerprint density at radius 3 is 2.87 bits per heavy atom. The number of carbonyl (C=O) groups excluding carboxylic acids is 1. The van der Waals surface area contributed by atoms with Crippen molar-refractivity contribution in [1.82, 2.24) is 5.32 Å². The molecule has 1 aliphatic rings. The van der Waals surface area contributed by atoms with Crippen molar-refractivity contribution in [3.63, 3.8) is 0 Å². The lowest BCUT2D eigenvalue weighted by Gasteiger charge is -2.26. The summed E-state index contributed by atoms with van der Waals surface area (Å²) in [5.41, 5.74) is 0. The number of hydrogen-bond donors (Lipinski definition) is 2. The van der Waals surface area contributed by atoms with Crippen LogP contribution in [0, 0.1) is 5.92 Å². The Kier molecular flexibility index (Phi) is 7.16. The van der Waals surface area contributed by atoms with Gasteiger partial charge in [-0.05, 0) is 37.3 Å². The number of aliphatic hydroxyl groups is 1. The minimum Gasteiger partial charge on any atom is -0.497 e. The molecule has 0 bridgehead atoms. The summed E-state index contributed by atoms with van der Waals surface area (Å²) in [5.74, 6) is 1.34. The van der Waals surface area contributed by atoms with Crippen molar-refractivity contribution >= 4 is 5.91 Å². The summed E-state index contributed by atoms with van der Waals surface area (Å²) in [6.45, 7) is 1.81. The number of ether oxygens (including phenoxy) is 3. The number of benzene rings is 1. The molecule has 1 unspecified atom stereocenters. The van der Waals surface area contributed by atoms with Gasteiger partial charge in [0.2, 0.25) is 0 Å². The quantitative estimate of drug-likeness (QED) is 0.755. The van der Waals surface area contributed by atoms with Crippen LogP contribution in [0.2, 0.25) is 0 Å². The fourth-order valence-corrected chi connectivity index (χ4v) is 2.59. The van der Waals surface area contributed by atoms with E-state index in [-0.39, 0.29) is 18.4 Å². The predicted octanol–water partition coefficient (Wildman–Crippen LogP) is 1.37. The van der Waals surface area contributed by atoms with E-state index in [1.807, 2.05) is 6.07 Å². The Balaban J connectivity index is 1.62. The average Bonchev–Trinajstić information content (AvgIpc) is 2.61. The van der Waals surface area contributed by atoms with E-state index in [1.165, 1.54) is 0 Å². The molecule has 1 aromatic rings. The molecule has 1 heterocycles. The van der Waals surface area contributed by atoms with Crippen LogP contribution in [0.5, 0.6) is 11.5 Å². The van der Waals surface area contributed by atoms with Crippen molar-refractivity contribution in [2.45, 2.75) is 25.4 Å². The highest BCUT2D eigenvalue weighted by Crippen LogP contribution is 2.20. The topological polar surface area (TPSA) is 77.0 Å². The summed E-state index contributed by atoms with van der Waals surface area (Å²) in [6.07, 6.45) is 1.93. The molecule has 1 fully saturated rings. The maximum atomic E-state index is 11.8. The number of rotatable bonds is 8. The zero-order chi connectivity index (χ0) is 16.5. The van der Waals surface area contributed by atoms with Crippen LogP contribution in [0.25, 0.3) is 0 Å². The SMILES string of the molecule is COc1cccc(OCC(=O)NCCC(O)C2CCOCC2)c1. The van der Waals surface area contributed by atoms with Crippen LogP contribution < -0.4 is 14.8 Å². The second-order valence-electron chi connectivity index (χ2n) is 5.62. The molecule has 1 aliphatic heterocycles. The Morgan fingerprint density at radius 1 is 1.39 bits per heavy atom. The van der Waals surface area contributed by atoms with E-state index >= 15 is 0 Å². The summed E-state index contributed by atoms with van der Waals surface area (Å²) in [4.78, 5) is 11.8. The van der Waals surface area contributed by atoms with Gasteiger partial charge in [0.15, 0.2) is 6.61 Å². The fourth-order valence-electron chi connectivity index (χ4n) is 2.59. The molecule has 1 aromatic carbocycles. The van der Waals surface area contributed by atoms with E-state index in [4.69, 9.17) is 14.2 Å². The number of hydrogen-bond acceptors (Lipinski definition) is 5. The van der Waals surface area contributed by atoms with Crippen LogP contribution >= 0.6 is 0 Å². The molecule has 0 saturated carbocycles. The van der Waals surface area contributed by atoms with Gasteiger partial charge in [0, 0.05) is 25.8 Å². The molecule has 6 nitrogen and oxygen atoms in total. The van der Waals surface area contributed by atoms with Crippen LogP contribution in [0.3, 0.4) is 0 Å². The van der Waals surface area contributed by atoms with Crippen LogP contribution in [0.1, 0.15) is 19.3 Å². The zero-order valence-electron chi connectivity index (χ0n) is 13.5. The lowest BCUT2D eigenvalue weighted by Crippen LogP contribution is -2.34. The summed E-state index contributed by atoms with van der Waals surface area (Å²) < 4.78 is 15.8. The molecular formula is C17H25NO5. The lowest BCUT2D eigenvalue weighted by atomic mass is 9.92. The van der Waals surface area contributed by atoms with Gasteiger partial charge in [-0.25, -0.2) is 0 Å².